The molecule has 35 heavy (non-hydrogen) atoms. The first-order valence-electron chi connectivity index (χ1n) is 12.5. The van der Waals surface area contributed by atoms with E-state index in [1.54, 1.807) is 6.07 Å². The molecule has 10 heteroatoms. The van der Waals surface area contributed by atoms with E-state index in [-0.39, 0.29) is 17.6 Å². The van der Waals surface area contributed by atoms with Crippen molar-refractivity contribution in [2.45, 2.75) is 38.5 Å². The molecule has 3 fully saturated rings. The summed E-state index contributed by atoms with van der Waals surface area (Å²) in [5.74, 6) is 1.52. The van der Waals surface area contributed by atoms with Crippen LogP contribution in [0.1, 0.15) is 29.7 Å². The summed E-state index contributed by atoms with van der Waals surface area (Å²) < 4.78 is 18.9. The van der Waals surface area contributed by atoms with Crippen LogP contribution in [0.25, 0.3) is 0 Å². The Bertz CT molecular complexity index is 1120. The zero-order chi connectivity index (χ0) is 23.9. The van der Waals surface area contributed by atoms with E-state index in [0.29, 0.717) is 37.2 Å². The molecule has 1 aliphatic carbocycles. The molecule has 1 aromatic heterocycles. The van der Waals surface area contributed by atoms with Gasteiger partial charge in [-0.2, -0.15) is 4.98 Å². The minimum Gasteiger partial charge on any atom is -0.372 e. The minimum atomic E-state index is -0.359. The number of nitrogens with one attached hydrogen (secondary N) is 1. The summed E-state index contributed by atoms with van der Waals surface area (Å²) in [5, 5.41) is 3.80. The van der Waals surface area contributed by atoms with Crippen LogP contribution in [0.5, 0.6) is 0 Å². The molecule has 1 amide bonds. The number of benzene rings is 1. The number of anilines is 2. The van der Waals surface area contributed by atoms with Crippen molar-refractivity contribution < 1.29 is 13.9 Å². The van der Waals surface area contributed by atoms with Gasteiger partial charge in [0.05, 0.1) is 24.9 Å². The maximum atomic E-state index is 13.5. The van der Waals surface area contributed by atoms with Crippen LogP contribution in [0.3, 0.4) is 0 Å². The van der Waals surface area contributed by atoms with Gasteiger partial charge in [-0.05, 0) is 30.5 Å². The van der Waals surface area contributed by atoms with E-state index in [4.69, 9.17) is 26.3 Å². The molecule has 2 saturated heterocycles. The van der Waals surface area contributed by atoms with Crippen LogP contribution in [-0.4, -0.2) is 77.7 Å². The fraction of sp³-hybridized carbons (Fsp3) is 0.560. The van der Waals surface area contributed by atoms with Crippen molar-refractivity contribution in [2.24, 2.45) is 5.92 Å². The number of epoxide rings is 1. The molecule has 4 aliphatic rings. The summed E-state index contributed by atoms with van der Waals surface area (Å²) in [5.41, 5.74) is 2.76. The molecule has 1 N–H and O–H groups in total. The fourth-order valence-corrected chi connectivity index (χ4v) is 5.14. The lowest BCUT2D eigenvalue weighted by Gasteiger charge is -2.36. The van der Waals surface area contributed by atoms with E-state index in [1.165, 1.54) is 12.1 Å². The van der Waals surface area contributed by atoms with E-state index in [0.717, 1.165) is 80.8 Å². The zero-order valence-electron chi connectivity index (χ0n) is 19.7. The van der Waals surface area contributed by atoms with Crippen LogP contribution in [-0.2, 0) is 29.0 Å². The highest BCUT2D eigenvalue weighted by atomic mass is 35.5. The van der Waals surface area contributed by atoms with Crippen molar-refractivity contribution in [3.63, 3.8) is 0 Å². The van der Waals surface area contributed by atoms with Crippen molar-refractivity contribution in [3.05, 3.63) is 45.9 Å². The van der Waals surface area contributed by atoms with Crippen molar-refractivity contribution in [3.8, 4) is 0 Å². The molecule has 1 aromatic carbocycles. The summed E-state index contributed by atoms with van der Waals surface area (Å²) >= 11 is 6.27. The Labute approximate surface area is 209 Å². The van der Waals surface area contributed by atoms with Crippen LogP contribution in [0.4, 0.5) is 16.2 Å². The number of aromatic nitrogens is 2. The molecule has 2 aromatic rings. The number of ether oxygens (including phenoxy) is 1. The first kappa shape index (κ1) is 22.9. The first-order valence-corrected chi connectivity index (χ1v) is 12.9. The van der Waals surface area contributed by atoms with Crippen molar-refractivity contribution in [2.75, 3.05) is 56.1 Å². The molecular formula is C25H30ClFN6O2. The molecule has 0 spiro atoms. The van der Waals surface area contributed by atoms with E-state index in [1.807, 2.05) is 4.90 Å². The topological polar surface area (TPSA) is 77.1 Å². The second-order valence-corrected chi connectivity index (χ2v) is 10.3. The second kappa shape index (κ2) is 9.52. The molecule has 6 rings (SSSR count). The Morgan fingerprint density at radius 2 is 1.97 bits per heavy atom. The fourth-order valence-electron chi connectivity index (χ4n) is 4.90. The van der Waals surface area contributed by atoms with Crippen molar-refractivity contribution in [1.29, 1.82) is 0 Å². The highest BCUT2D eigenvalue weighted by Gasteiger charge is 2.36. The van der Waals surface area contributed by atoms with Gasteiger partial charge in [0.1, 0.15) is 11.6 Å². The van der Waals surface area contributed by atoms with Crippen LogP contribution < -0.4 is 10.2 Å². The Morgan fingerprint density at radius 1 is 1.17 bits per heavy atom. The van der Waals surface area contributed by atoms with E-state index >= 15 is 0 Å². The van der Waals surface area contributed by atoms with Gasteiger partial charge < -0.3 is 19.9 Å². The number of hydrogen-bond acceptors (Lipinski definition) is 7. The molecular weight excluding hydrogens is 471 g/mol. The summed E-state index contributed by atoms with van der Waals surface area (Å²) in [6.07, 6.45) is 3.10. The molecule has 1 atom stereocenters. The highest BCUT2D eigenvalue weighted by Crippen LogP contribution is 2.34. The lowest BCUT2D eigenvalue weighted by atomic mass is 10.1. The number of hydrogen-bond donors (Lipinski definition) is 1. The molecule has 3 aliphatic heterocycles. The van der Waals surface area contributed by atoms with Gasteiger partial charge in [-0.3, -0.25) is 9.69 Å². The maximum Gasteiger partial charge on any atom is 0.227 e. The van der Waals surface area contributed by atoms with E-state index in [2.05, 4.69) is 15.1 Å². The Balaban J connectivity index is 1.23. The summed E-state index contributed by atoms with van der Waals surface area (Å²) in [6, 6.07) is 4.42. The molecule has 4 heterocycles. The quantitative estimate of drug-likeness (QED) is 0.586. The number of carbonyl (C=O) groups is 1. The van der Waals surface area contributed by atoms with E-state index < -0.39 is 0 Å². The zero-order valence-corrected chi connectivity index (χ0v) is 20.4. The number of fused-ring (bicyclic) bond motifs is 1. The van der Waals surface area contributed by atoms with Crippen LogP contribution in [0.15, 0.2) is 18.2 Å². The van der Waals surface area contributed by atoms with Gasteiger partial charge in [-0.15, -0.1) is 0 Å². The molecule has 0 radical (unpaired) electrons. The number of carbonyl (C=O) groups excluding carboxylic acids is 1. The second-order valence-electron chi connectivity index (χ2n) is 9.91. The minimum absolute atomic E-state index is 0.184. The molecule has 1 unspecified atom stereocenters. The average Bonchev–Trinajstić information content (AvgIpc) is 3.78. The number of piperazine rings is 1. The lowest BCUT2D eigenvalue weighted by molar-refractivity contribution is -0.133. The number of halogens is 2. The molecule has 1 saturated carbocycles. The van der Waals surface area contributed by atoms with Gasteiger partial charge in [0.25, 0.3) is 0 Å². The third kappa shape index (κ3) is 5.22. The van der Waals surface area contributed by atoms with E-state index in [9.17, 15) is 9.18 Å². The monoisotopic (exact) mass is 500 g/mol. The average molecular weight is 501 g/mol. The Kier molecular flexibility index (Phi) is 6.24. The summed E-state index contributed by atoms with van der Waals surface area (Å²) in [4.78, 5) is 29.3. The molecule has 8 nitrogen and oxygen atoms in total. The highest BCUT2D eigenvalue weighted by molar-refractivity contribution is 6.31. The number of amides is 1. The Hall–Kier alpha value is -2.49. The third-order valence-electron chi connectivity index (χ3n) is 7.27. The lowest BCUT2D eigenvalue weighted by Crippen LogP contribution is -2.48. The number of rotatable bonds is 7. The predicted molar refractivity (Wildman–Crippen MR) is 131 cm³/mol. The van der Waals surface area contributed by atoms with Gasteiger partial charge in [0, 0.05) is 68.7 Å². The van der Waals surface area contributed by atoms with Crippen molar-refractivity contribution in [1.82, 2.24) is 19.8 Å². The largest absolute Gasteiger partial charge is 0.372 e. The Morgan fingerprint density at radius 3 is 2.69 bits per heavy atom. The van der Waals surface area contributed by atoms with Gasteiger partial charge in [0.2, 0.25) is 11.9 Å². The standard InChI is InChI=1S/C25H30ClFN6O2/c26-21-11-18(27)4-3-17(21)12-28-23-20-14-33(24(34)16-1-2-16)6-5-22(20)29-25(30-23)32-9-7-31(8-10-32)13-19-15-35-19/h3-4,11,16,19H,1-2,5-10,12-15H2,(H,28,29,30). The normalized spacial score (nSPS) is 22.2. The van der Waals surface area contributed by atoms with Crippen LogP contribution >= 0.6 is 11.6 Å². The van der Waals surface area contributed by atoms with Gasteiger partial charge in [-0.1, -0.05) is 17.7 Å². The third-order valence-corrected chi connectivity index (χ3v) is 7.62. The SMILES string of the molecule is O=C(C1CC1)N1CCc2nc(N3CCN(CC4CO4)CC3)nc(NCc3ccc(F)cc3Cl)c2C1. The van der Waals surface area contributed by atoms with Gasteiger partial charge >= 0.3 is 0 Å². The first-order chi connectivity index (χ1) is 17.0. The number of nitrogens with zero attached hydrogens (tertiary/aromatic N) is 5. The molecule has 186 valence electrons. The summed E-state index contributed by atoms with van der Waals surface area (Å²) in [6.45, 7) is 7.12. The smallest absolute Gasteiger partial charge is 0.227 e. The molecule has 0 bridgehead atoms. The van der Waals surface area contributed by atoms with Crippen LogP contribution in [0, 0.1) is 11.7 Å². The van der Waals surface area contributed by atoms with Crippen molar-refractivity contribution >= 4 is 29.3 Å². The van der Waals surface area contributed by atoms with Gasteiger partial charge in [-0.25, -0.2) is 9.37 Å². The maximum absolute atomic E-state index is 13.5. The van der Waals surface area contributed by atoms with Gasteiger partial charge in [0.15, 0.2) is 0 Å². The predicted octanol–water partition coefficient (Wildman–Crippen LogP) is 2.70. The van der Waals surface area contributed by atoms with Crippen LogP contribution in [0.2, 0.25) is 5.02 Å². The summed E-state index contributed by atoms with van der Waals surface area (Å²) in [7, 11) is 0.